The summed E-state index contributed by atoms with van der Waals surface area (Å²) in [7, 11) is 0. The van der Waals surface area contributed by atoms with E-state index in [0.29, 0.717) is 10.5 Å². The van der Waals surface area contributed by atoms with Gasteiger partial charge in [-0.05, 0) is 37.8 Å². The van der Waals surface area contributed by atoms with Crippen molar-refractivity contribution in [3.63, 3.8) is 0 Å². The van der Waals surface area contributed by atoms with Crippen molar-refractivity contribution >= 4 is 18.5 Å². The largest absolute Gasteiger partial charge is 0.375 e. The number of ether oxygens (including phenoxy) is 1. The minimum Gasteiger partial charge on any atom is -0.375 e. The Kier molecular flexibility index (Phi) is 5.11. The quantitative estimate of drug-likeness (QED) is 0.835. The highest BCUT2D eigenvalue weighted by atomic mass is 32.1. The number of nitrogens with one attached hydrogen (secondary N) is 1. The van der Waals surface area contributed by atoms with Crippen molar-refractivity contribution in [1.82, 2.24) is 5.32 Å². The molecule has 1 aliphatic heterocycles. The Labute approximate surface area is 126 Å². The average Bonchev–Trinajstić information content (AvgIpc) is 2.47. The predicted octanol–water partition coefficient (Wildman–Crippen LogP) is 3.44. The molecule has 20 heavy (non-hydrogen) atoms. The molecule has 3 nitrogen and oxygen atoms in total. The summed E-state index contributed by atoms with van der Waals surface area (Å²) in [5, 5.41) is 3.13. The summed E-state index contributed by atoms with van der Waals surface area (Å²) in [4.78, 5) is 13.0. The molecule has 1 atom stereocenters. The van der Waals surface area contributed by atoms with Crippen LogP contribution in [0, 0.1) is 0 Å². The summed E-state index contributed by atoms with van der Waals surface area (Å²) in [6, 6.07) is 7.58. The van der Waals surface area contributed by atoms with Gasteiger partial charge in [0.15, 0.2) is 0 Å². The van der Waals surface area contributed by atoms with Crippen molar-refractivity contribution in [2.75, 3.05) is 6.61 Å². The summed E-state index contributed by atoms with van der Waals surface area (Å²) < 4.78 is 5.94. The van der Waals surface area contributed by atoms with Gasteiger partial charge in [-0.1, -0.05) is 26.0 Å². The van der Waals surface area contributed by atoms with E-state index in [1.165, 1.54) is 0 Å². The summed E-state index contributed by atoms with van der Waals surface area (Å²) in [6.45, 7) is 5.02. The van der Waals surface area contributed by atoms with Gasteiger partial charge in [0.05, 0.1) is 11.2 Å². The smallest absolute Gasteiger partial charge is 0.252 e. The second kappa shape index (κ2) is 6.64. The number of carbonyl (C=O) groups excluding carboxylic acids is 1. The Balaban J connectivity index is 2.03. The van der Waals surface area contributed by atoms with E-state index in [4.69, 9.17) is 4.74 Å². The zero-order valence-electron chi connectivity index (χ0n) is 12.2. The van der Waals surface area contributed by atoms with Crippen LogP contribution >= 0.6 is 12.6 Å². The lowest BCUT2D eigenvalue weighted by atomic mass is 9.86. The minimum absolute atomic E-state index is 0.0383. The molecule has 0 aromatic heterocycles. The molecule has 2 rings (SSSR count). The van der Waals surface area contributed by atoms with E-state index >= 15 is 0 Å². The van der Waals surface area contributed by atoms with Crippen LogP contribution in [-0.4, -0.2) is 24.2 Å². The van der Waals surface area contributed by atoms with Gasteiger partial charge in [-0.2, -0.15) is 0 Å². The van der Waals surface area contributed by atoms with Crippen LogP contribution in [0.15, 0.2) is 29.2 Å². The first-order chi connectivity index (χ1) is 9.60. The number of amides is 1. The van der Waals surface area contributed by atoms with E-state index in [1.807, 2.05) is 24.3 Å². The highest BCUT2D eigenvalue weighted by molar-refractivity contribution is 7.80. The minimum atomic E-state index is -0.0727. The third kappa shape index (κ3) is 3.36. The van der Waals surface area contributed by atoms with E-state index in [0.717, 1.165) is 32.3 Å². The van der Waals surface area contributed by atoms with Crippen LogP contribution in [0.4, 0.5) is 0 Å². The summed E-state index contributed by atoms with van der Waals surface area (Å²) in [6.07, 6.45) is 3.74. The molecule has 0 bridgehead atoms. The van der Waals surface area contributed by atoms with Gasteiger partial charge in [0.25, 0.3) is 5.91 Å². The molecule has 0 spiro atoms. The topological polar surface area (TPSA) is 38.3 Å². The lowest BCUT2D eigenvalue weighted by Gasteiger charge is -2.40. The average molecular weight is 293 g/mol. The summed E-state index contributed by atoms with van der Waals surface area (Å²) in [5.74, 6) is -0.0383. The predicted molar refractivity (Wildman–Crippen MR) is 83.4 cm³/mol. The SMILES string of the molecule is CCC1(CC)CC(NC(=O)c2ccccc2S)CCO1. The Morgan fingerprint density at radius 3 is 2.75 bits per heavy atom. The van der Waals surface area contributed by atoms with E-state index in [2.05, 4.69) is 31.8 Å². The first-order valence-electron chi connectivity index (χ1n) is 7.33. The number of carbonyl (C=O) groups is 1. The molecule has 1 aromatic rings. The van der Waals surface area contributed by atoms with Crippen LogP contribution < -0.4 is 5.32 Å². The van der Waals surface area contributed by atoms with Crippen molar-refractivity contribution in [3.8, 4) is 0 Å². The maximum absolute atomic E-state index is 12.3. The highest BCUT2D eigenvalue weighted by Crippen LogP contribution is 2.31. The third-order valence-corrected chi connectivity index (χ3v) is 4.66. The van der Waals surface area contributed by atoms with Gasteiger partial charge in [0.2, 0.25) is 0 Å². The van der Waals surface area contributed by atoms with Crippen LogP contribution in [0.3, 0.4) is 0 Å². The molecule has 1 amide bonds. The summed E-state index contributed by atoms with van der Waals surface area (Å²) in [5.41, 5.74) is 0.567. The van der Waals surface area contributed by atoms with E-state index in [1.54, 1.807) is 0 Å². The van der Waals surface area contributed by atoms with Gasteiger partial charge < -0.3 is 10.1 Å². The molecule has 1 N–H and O–H groups in total. The first-order valence-corrected chi connectivity index (χ1v) is 7.78. The van der Waals surface area contributed by atoms with Crippen LogP contribution in [0.25, 0.3) is 0 Å². The molecule has 1 aromatic carbocycles. The molecular weight excluding hydrogens is 270 g/mol. The molecule has 110 valence electrons. The van der Waals surface area contributed by atoms with Crippen molar-refractivity contribution in [2.45, 2.75) is 56.1 Å². The number of thiol groups is 1. The molecule has 1 saturated heterocycles. The lowest BCUT2D eigenvalue weighted by molar-refractivity contribution is -0.0917. The van der Waals surface area contributed by atoms with Gasteiger partial charge in [-0.3, -0.25) is 4.79 Å². The fourth-order valence-electron chi connectivity index (χ4n) is 2.82. The van der Waals surface area contributed by atoms with Crippen molar-refractivity contribution < 1.29 is 9.53 Å². The molecule has 1 fully saturated rings. The number of hydrogen-bond donors (Lipinski definition) is 2. The molecule has 0 saturated carbocycles. The maximum Gasteiger partial charge on any atom is 0.252 e. The van der Waals surface area contributed by atoms with Crippen LogP contribution in [0.1, 0.15) is 49.9 Å². The lowest BCUT2D eigenvalue weighted by Crippen LogP contribution is -2.48. The standard InChI is InChI=1S/C16H23NO2S/c1-3-16(4-2)11-12(9-10-19-16)17-15(18)13-7-5-6-8-14(13)20/h5-8,12,20H,3-4,9-11H2,1-2H3,(H,17,18). The van der Waals surface area contributed by atoms with Crippen molar-refractivity contribution in [1.29, 1.82) is 0 Å². The third-order valence-electron chi connectivity index (χ3n) is 4.27. The maximum atomic E-state index is 12.3. The Morgan fingerprint density at radius 1 is 1.40 bits per heavy atom. The van der Waals surface area contributed by atoms with Crippen LogP contribution in [-0.2, 0) is 4.74 Å². The molecule has 0 aliphatic carbocycles. The first kappa shape index (κ1) is 15.4. The van der Waals surface area contributed by atoms with E-state index in [9.17, 15) is 4.79 Å². The zero-order chi connectivity index (χ0) is 14.6. The molecule has 1 unspecified atom stereocenters. The van der Waals surface area contributed by atoms with E-state index < -0.39 is 0 Å². The summed E-state index contributed by atoms with van der Waals surface area (Å²) >= 11 is 4.34. The Morgan fingerprint density at radius 2 is 2.10 bits per heavy atom. The molecule has 1 heterocycles. The molecule has 4 heteroatoms. The Bertz CT molecular complexity index is 471. The fraction of sp³-hybridized carbons (Fsp3) is 0.562. The van der Waals surface area contributed by atoms with E-state index in [-0.39, 0.29) is 17.6 Å². The number of benzene rings is 1. The monoisotopic (exact) mass is 293 g/mol. The Hall–Kier alpha value is -1.00. The van der Waals surface area contributed by atoms with Crippen LogP contribution in [0.5, 0.6) is 0 Å². The van der Waals surface area contributed by atoms with Crippen LogP contribution in [0.2, 0.25) is 0 Å². The van der Waals surface area contributed by atoms with Gasteiger partial charge in [-0.25, -0.2) is 0 Å². The molecule has 0 radical (unpaired) electrons. The highest BCUT2D eigenvalue weighted by Gasteiger charge is 2.35. The van der Waals surface area contributed by atoms with Crippen molar-refractivity contribution in [3.05, 3.63) is 29.8 Å². The normalized spacial score (nSPS) is 21.4. The second-order valence-electron chi connectivity index (χ2n) is 5.42. The van der Waals surface area contributed by atoms with Gasteiger partial charge in [0.1, 0.15) is 0 Å². The number of rotatable bonds is 4. The van der Waals surface area contributed by atoms with Crippen molar-refractivity contribution in [2.24, 2.45) is 0 Å². The zero-order valence-corrected chi connectivity index (χ0v) is 13.1. The van der Waals surface area contributed by atoms with Gasteiger partial charge in [0, 0.05) is 17.5 Å². The number of hydrogen-bond acceptors (Lipinski definition) is 3. The fourth-order valence-corrected chi connectivity index (χ4v) is 3.08. The molecule has 1 aliphatic rings. The van der Waals surface area contributed by atoms with Gasteiger partial charge >= 0.3 is 0 Å². The van der Waals surface area contributed by atoms with Gasteiger partial charge in [-0.15, -0.1) is 12.6 Å². The molecular formula is C16H23NO2S. The second-order valence-corrected chi connectivity index (χ2v) is 5.90.